The van der Waals surface area contributed by atoms with Gasteiger partial charge in [0.1, 0.15) is 4.21 Å². The summed E-state index contributed by atoms with van der Waals surface area (Å²) in [4.78, 5) is 1.06. The van der Waals surface area contributed by atoms with E-state index in [0.717, 1.165) is 43.6 Å². The smallest absolute Gasteiger partial charge is 0.250 e. The number of hydrogen-bond donors (Lipinski definition) is 2. The fourth-order valence-corrected chi connectivity index (χ4v) is 5.17. The van der Waals surface area contributed by atoms with Gasteiger partial charge in [0.05, 0.1) is 0 Å². The second kappa shape index (κ2) is 5.91. The number of nitrogens with one attached hydrogen (secondary N) is 2. The van der Waals surface area contributed by atoms with Crippen molar-refractivity contribution in [2.24, 2.45) is 0 Å². The molecule has 1 saturated carbocycles. The van der Waals surface area contributed by atoms with E-state index in [1.54, 1.807) is 6.07 Å². The number of hydrogen-bond acceptors (Lipinski definition) is 4. The molecular formula is C13H22N2O2S2. The van der Waals surface area contributed by atoms with Gasteiger partial charge in [-0.2, -0.15) is 0 Å². The summed E-state index contributed by atoms with van der Waals surface area (Å²) in [7, 11) is -3.35. The van der Waals surface area contributed by atoms with E-state index in [0.29, 0.717) is 4.21 Å². The molecule has 1 aromatic rings. The fraction of sp³-hybridized carbons (Fsp3) is 0.692. The van der Waals surface area contributed by atoms with E-state index in [2.05, 4.69) is 10.0 Å². The van der Waals surface area contributed by atoms with Gasteiger partial charge in [-0.15, -0.1) is 11.3 Å². The molecule has 4 nitrogen and oxygen atoms in total. The third-order valence-corrected chi connectivity index (χ3v) is 6.95. The van der Waals surface area contributed by atoms with Gasteiger partial charge in [0.2, 0.25) is 0 Å². The molecule has 1 heterocycles. The Morgan fingerprint density at radius 3 is 2.58 bits per heavy atom. The third-order valence-electron chi connectivity index (χ3n) is 3.79. The van der Waals surface area contributed by atoms with Crippen LogP contribution in [0.5, 0.6) is 0 Å². The van der Waals surface area contributed by atoms with Gasteiger partial charge in [0, 0.05) is 17.0 Å². The summed E-state index contributed by atoms with van der Waals surface area (Å²) in [6, 6.07) is 3.60. The zero-order valence-corrected chi connectivity index (χ0v) is 13.2. The van der Waals surface area contributed by atoms with Crippen LogP contribution in [0.2, 0.25) is 0 Å². The van der Waals surface area contributed by atoms with Crippen molar-refractivity contribution in [1.82, 2.24) is 10.0 Å². The first-order chi connectivity index (χ1) is 9.01. The highest BCUT2D eigenvalue weighted by Crippen LogP contribution is 2.36. The molecule has 1 aliphatic carbocycles. The predicted molar refractivity (Wildman–Crippen MR) is 78.9 cm³/mol. The van der Waals surface area contributed by atoms with E-state index in [1.807, 2.05) is 19.9 Å². The van der Waals surface area contributed by atoms with Crippen LogP contribution < -0.4 is 10.0 Å². The van der Waals surface area contributed by atoms with Gasteiger partial charge >= 0.3 is 0 Å². The number of rotatable bonds is 7. The maximum atomic E-state index is 12.4. The zero-order chi connectivity index (χ0) is 13.9. The van der Waals surface area contributed by atoms with Gasteiger partial charge in [-0.3, -0.25) is 0 Å². The summed E-state index contributed by atoms with van der Waals surface area (Å²) in [6.07, 6.45) is 3.89. The Kier molecular flexibility index (Phi) is 4.66. The molecule has 0 saturated heterocycles. The molecule has 0 spiro atoms. The number of thiophene rings is 1. The van der Waals surface area contributed by atoms with Crippen LogP contribution in [0.1, 0.15) is 44.4 Å². The van der Waals surface area contributed by atoms with E-state index in [4.69, 9.17) is 0 Å². The first kappa shape index (κ1) is 15.0. The van der Waals surface area contributed by atoms with Crippen molar-refractivity contribution in [3.63, 3.8) is 0 Å². The second-order valence-corrected chi connectivity index (χ2v) is 8.17. The molecule has 6 heteroatoms. The Morgan fingerprint density at radius 2 is 2.05 bits per heavy atom. The van der Waals surface area contributed by atoms with E-state index in [9.17, 15) is 8.42 Å². The van der Waals surface area contributed by atoms with Crippen molar-refractivity contribution in [1.29, 1.82) is 0 Å². The minimum Gasteiger partial charge on any atom is -0.312 e. The SMILES string of the molecule is CCNCc1ccc(S(=O)(=O)NC2(CC)CCC2)s1. The van der Waals surface area contributed by atoms with Crippen LogP contribution in [0, 0.1) is 0 Å². The molecule has 2 rings (SSSR count). The van der Waals surface area contributed by atoms with Crippen LogP contribution in [-0.4, -0.2) is 20.5 Å². The van der Waals surface area contributed by atoms with Crippen LogP contribution in [0.3, 0.4) is 0 Å². The lowest BCUT2D eigenvalue weighted by molar-refractivity contribution is 0.214. The van der Waals surface area contributed by atoms with Crippen LogP contribution in [0.15, 0.2) is 16.3 Å². The van der Waals surface area contributed by atoms with Crippen LogP contribution in [0.4, 0.5) is 0 Å². The molecule has 0 aliphatic heterocycles. The maximum Gasteiger partial charge on any atom is 0.250 e. The Morgan fingerprint density at radius 1 is 1.32 bits per heavy atom. The first-order valence-electron chi connectivity index (χ1n) is 6.85. The van der Waals surface area contributed by atoms with Gasteiger partial charge in [-0.1, -0.05) is 13.8 Å². The molecule has 0 bridgehead atoms. The van der Waals surface area contributed by atoms with Gasteiger partial charge < -0.3 is 5.32 Å². The molecule has 1 fully saturated rings. The van der Waals surface area contributed by atoms with Crippen molar-refractivity contribution in [3.8, 4) is 0 Å². The molecule has 0 unspecified atom stereocenters. The largest absolute Gasteiger partial charge is 0.312 e. The lowest BCUT2D eigenvalue weighted by atomic mass is 9.76. The predicted octanol–water partition coefficient (Wildman–Crippen LogP) is 2.47. The minimum absolute atomic E-state index is 0.190. The van der Waals surface area contributed by atoms with Crippen LogP contribution in [-0.2, 0) is 16.6 Å². The van der Waals surface area contributed by atoms with Gasteiger partial charge in [0.25, 0.3) is 10.0 Å². The Hall–Kier alpha value is -0.430. The monoisotopic (exact) mass is 302 g/mol. The molecule has 108 valence electrons. The molecule has 19 heavy (non-hydrogen) atoms. The summed E-state index contributed by atoms with van der Waals surface area (Å²) >= 11 is 1.35. The minimum atomic E-state index is -3.35. The molecule has 2 N–H and O–H groups in total. The quantitative estimate of drug-likeness (QED) is 0.813. The Labute approximate surface area is 119 Å². The van der Waals surface area contributed by atoms with Crippen LogP contribution in [0.25, 0.3) is 0 Å². The average Bonchev–Trinajstić information content (AvgIpc) is 2.81. The Bertz CT molecular complexity index is 513. The molecule has 0 aromatic carbocycles. The molecule has 1 aliphatic rings. The van der Waals surface area contributed by atoms with Gasteiger partial charge in [0.15, 0.2) is 0 Å². The standard InChI is InChI=1S/C13H22N2O2S2/c1-3-13(8-5-9-13)15-19(16,17)12-7-6-11(18-12)10-14-4-2/h6-7,14-15H,3-5,8-10H2,1-2H3. The van der Waals surface area contributed by atoms with E-state index in [1.165, 1.54) is 11.3 Å². The molecule has 0 radical (unpaired) electrons. The van der Waals surface area contributed by atoms with Crippen molar-refractivity contribution >= 4 is 21.4 Å². The van der Waals surface area contributed by atoms with Gasteiger partial charge in [-0.05, 0) is 44.4 Å². The fourth-order valence-electron chi connectivity index (χ4n) is 2.31. The highest BCUT2D eigenvalue weighted by molar-refractivity contribution is 7.91. The second-order valence-electron chi connectivity index (χ2n) is 5.09. The normalized spacial score (nSPS) is 18.2. The van der Waals surface area contributed by atoms with Gasteiger partial charge in [-0.25, -0.2) is 13.1 Å². The summed E-state index contributed by atoms with van der Waals surface area (Å²) < 4.78 is 28.1. The van der Waals surface area contributed by atoms with Crippen LogP contribution >= 0.6 is 11.3 Å². The average molecular weight is 302 g/mol. The summed E-state index contributed by atoms with van der Waals surface area (Å²) in [5.74, 6) is 0. The van der Waals surface area contributed by atoms with Crippen molar-refractivity contribution in [3.05, 3.63) is 17.0 Å². The van der Waals surface area contributed by atoms with E-state index < -0.39 is 10.0 Å². The zero-order valence-electron chi connectivity index (χ0n) is 11.5. The molecule has 0 atom stereocenters. The lowest BCUT2D eigenvalue weighted by Crippen LogP contribution is -2.52. The highest BCUT2D eigenvalue weighted by Gasteiger charge is 2.39. The number of sulfonamides is 1. The summed E-state index contributed by atoms with van der Waals surface area (Å²) in [6.45, 7) is 5.70. The summed E-state index contributed by atoms with van der Waals surface area (Å²) in [5.41, 5.74) is -0.190. The van der Waals surface area contributed by atoms with Crippen molar-refractivity contribution in [2.45, 2.75) is 55.8 Å². The van der Waals surface area contributed by atoms with Crippen molar-refractivity contribution in [2.75, 3.05) is 6.54 Å². The molecule has 0 amide bonds. The first-order valence-corrected chi connectivity index (χ1v) is 9.15. The molecular weight excluding hydrogens is 280 g/mol. The summed E-state index contributed by atoms with van der Waals surface area (Å²) in [5, 5.41) is 3.21. The van der Waals surface area contributed by atoms with Crippen molar-refractivity contribution < 1.29 is 8.42 Å². The Balaban J connectivity index is 2.08. The highest BCUT2D eigenvalue weighted by atomic mass is 32.2. The lowest BCUT2D eigenvalue weighted by Gasteiger charge is -2.41. The topological polar surface area (TPSA) is 58.2 Å². The molecule has 1 aromatic heterocycles. The third kappa shape index (κ3) is 3.37. The van der Waals surface area contributed by atoms with E-state index >= 15 is 0 Å². The van der Waals surface area contributed by atoms with E-state index in [-0.39, 0.29) is 5.54 Å². The maximum absolute atomic E-state index is 12.4.